The van der Waals surface area contributed by atoms with Gasteiger partial charge in [0.15, 0.2) is 0 Å². The summed E-state index contributed by atoms with van der Waals surface area (Å²) in [7, 11) is 0. The minimum absolute atomic E-state index is 0.485. The number of carbonyl (C=O) groups excluding carboxylic acids is 1. The first-order valence-corrected chi connectivity index (χ1v) is 7.48. The van der Waals surface area contributed by atoms with Crippen LogP contribution in [0.25, 0.3) is 32.7 Å². The Labute approximate surface area is 133 Å². The lowest BCUT2D eigenvalue weighted by atomic mass is 9.94. The predicted molar refractivity (Wildman–Crippen MR) is 93.6 cm³/mol. The fourth-order valence-electron chi connectivity index (χ4n) is 3.11. The number of benzene rings is 4. The topological polar surface area (TPSA) is 26.3 Å². The Bertz CT molecular complexity index is 1000. The second-order valence-corrected chi connectivity index (χ2v) is 5.40. The molecule has 0 N–H and O–H groups in total. The molecule has 2 heteroatoms. The normalized spacial score (nSPS) is 10.8. The second kappa shape index (κ2) is 5.58. The van der Waals surface area contributed by atoms with Gasteiger partial charge in [0.25, 0.3) is 6.47 Å². The lowest BCUT2D eigenvalue weighted by Gasteiger charge is -2.12. The molecule has 0 heterocycles. The highest BCUT2D eigenvalue weighted by Gasteiger charge is 2.11. The van der Waals surface area contributed by atoms with E-state index in [4.69, 9.17) is 4.74 Å². The maximum atomic E-state index is 10.9. The van der Waals surface area contributed by atoms with Crippen LogP contribution in [0.5, 0.6) is 5.75 Å². The Morgan fingerprint density at radius 2 is 1.48 bits per heavy atom. The van der Waals surface area contributed by atoms with E-state index < -0.39 is 0 Å². The van der Waals surface area contributed by atoms with Gasteiger partial charge in [-0.15, -0.1) is 0 Å². The molecule has 0 amide bonds. The highest BCUT2D eigenvalue weighted by Crippen LogP contribution is 2.38. The molecule has 110 valence electrons. The van der Waals surface area contributed by atoms with Crippen molar-refractivity contribution in [1.29, 1.82) is 0 Å². The molecule has 4 aromatic carbocycles. The molecule has 0 aromatic heterocycles. The van der Waals surface area contributed by atoms with Gasteiger partial charge in [-0.1, -0.05) is 72.8 Å². The van der Waals surface area contributed by atoms with Crippen LogP contribution in [0, 0.1) is 0 Å². The SMILES string of the molecule is O=COc1ccc(-c2ccccc2)c2ccc3ccccc3c12. The molecule has 0 fully saturated rings. The molecule has 0 atom stereocenters. The van der Waals surface area contributed by atoms with E-state index in [2.05, 4.69) is 36.4 Å². The van der Waals surface area contributed by atoms with Crippen LogP contribution in [-0.2, 0) is 4.79 Å². The van der Waals surface area contributed by atoms with Gasteiger partial charge in [0.05, 0.1) is 0 Å². The molecule has 2 nitrogen and oxygen atoms in total. The first kappa shape index (κ1) is 13.5. The van der Waals surface area contributed by atoms with E-state index in [1.165, 1.54) is 0 Å². The quantitative estimate of drug-likeness (QED) is 0.384. The van der Waals surface area contributed by atoms with Crippen LogP contribution in [0.1, 0.15) is 0 Å². The maximum absolute atomic E-state index is 10.9. The molecule has 0 bridgehead atoms. The molecule has 0 aliphatic heterocycles. The van der Waals surface area contributed by atoms with Crippen molar-refractivity contribution in [2.45, 2.75) is 0 Å². The van der Waals surface area contributed by atoms with Crippen molar-refractivity contribution in [3.63, 3.8) is 0 Å². The lowest BCUT2D eigenvalue weighted by molar-refractivity contribution is -0.120. The van der Waals surface area contributed by atoms with Crippen molar-refractivity contribution >= 4 is 28.0 Å². The van der Waals surface area contributed by atoms with E-state index in [1.54, 1.807) is 0 Å². The minimum atomic E-state index is 0.485. The Morgan fingerprint density at radius 1 is 0.696 bits per heavy atom. The number of fused-ring (bicyclic) bond motifs is 3. The highest BCUT2D eigenvalue weighted by molar-refractivity contribution is 6.15. The molecule has 0 spiro atoms. The summed E-state index contributed by atoms with van der Waals surface area (Å²) >= 11 is 0. The third-order valence-corrected chi connectivity index (χ3v) is 4.13. The largest absolute Gasteiger partial charge is 0.428 e. The van der Waals surface area contributed by atoms with Crippen LogP contribution in [-0.4, -0.2) is 6.47 Å². The Kier molecular flexibility index (Phi) is 3.28. The Morgan fingerprint density at radius 3 is 2.30 bits per heavy atom. The summed E-state index contributed by atoms with van der Waals surface area (Å²) in [6, 6.07) is 26.4. The molecule has 0 aliphatic carbocycles. The van der Waals surface area contributed by atoms with Gasteiger partial charge in [-0.3, -0.25) is 4.79 Å². The van der Waals surface area contributed by atoms with Crippen molar-refractivity contribution in [3.8, 4) is 16.9 Å². The zero-order valence-electron chi connectivity index (χ0n) is 12.4. The van der Waals surface area contributed by atoms with Gasteiger partial charge in [0.1, 0.15) is 5.75 Å². The van der Waals surface area contributed by atoms with E-state index in [0.717, 1.165) is 32.7 Å². The third-order valence-electron chi connectivity index (χ3n) is 4.13. The third kappa shape index (κ3) is 2.25. The number of hydrogen-bond acceptors (Lipinski definition) is 2. The fraction of sp³-hybridized carbons (Fsp3) is 0. The molecule has 0 saturated carbocycles. The van der Waals surface area contributed by atoms with Crippen LogP contribution in [0.4, 0.5) is 0 Å². The second-order valence-electron chi connectivity index (χ2n) is 5.40. The van der Waals surface area contributed by atoms with Gasteiger partial charge < -0.3 is 4.74 Å². The monoisotopic (exact) mass is 298 g/mol. The zero-order valence-corrected chi connectivity index (χ0v) is 12.4. The first-order chi connectivity index (χ1) is 11.4. The molecular weight excluding hydrogens is 284 g/mol. The van der Waals surface area contributed by atoms with Crippen LogP contribution in [0.3, 0.4) is 0 Å². The number of carbonyl (C=O) groups is 1. The molecule has 4 aromatic rings. The lowest BCUT2D eigenvalue weighted by Crippen LogP contribution is -1.92. The standard InChI is InChI=1S/C21H14O2/c22-14-23-20-13-12-17(15-6-2-1-3-7-15)19-11-10-16-8-4-5-9-18(16)21(19)20/h1-14H. The average Bonchev–Trinajstić information content (AvgIpc) is 2.62. The molecule has 23 heavy (non-hydrogen) atoms. The number of rotatable bonds is 3. The van der Waals surface area contributed by atoms with Crippen LogP contribution < -0.4 is 4.74 Å². The summed E-state index contributed by atoms with van der Waals surface area (Å²) in [6.45, 7) is 0.485. The number of ether oxygens (including phenoxy) is 1. The van der Waals surface area contributed by atoms with E-state index in [9.17, 15) is 4.79 Å². The van der Waals surface area contributed by atoms with E-state index in [0.29, 0.717) is 12.2 Å². The van der Waals surface area contributed by atoms with Gasteiger partial charge in [-0.25, -0.2) is 0 Å². The van der Waals surface area contributed by atoms with Crippen LogP contribution >= 0.6 is 0 Å². The van der Waals surface area contributed by atoms with Gasteiger partial charge >= 0.3 is 0 Å². The summed E-state index contributed by atoms with van der Waals surface area (Å²) < 4.78 is 5.24. The predicted octanol–water partition coefficient (Wildman–Crippen LogP) is 5.20. The Balaban J connectivity index is 2.14. The number of hydrogen-bond donors (Lipinski definition) is 0. The van der Waals surface area contributed by atoms with Crippen molar-refractivity contribution in [3.05, 3.63) is 78.9 Å². The van der Waals surface area contributed by atoms with E-state index in [-0.39, 0.29) is 0 Å². The van der Waals surface area contributed by atoms with Crippen molar-refractivity contribution in [2.75, 3.05) is 0 Å². The summed E-state index contributed by atoms with van der Waals surface area (Å²) in [5.41, 5.74) is 2.27. The summed E-state index contributed by atoms with van der Waals surface area (Å²) in [6.07, 6.45) is 0. The van der Waals surface area contributed by atoms with Crippen LogP contribution in [0.2, 0.25) is 0 Å². The summed E-state index contributed by atoms with van der Waals surface area (Å²) in [5.74, 6) is 0.589. The van der Waals surface area contributed by atoms with E-state index >= 15 is 0 Å². The van der Waals surface area contributed by atoms with Gasteiger partial charge in [-0.05, 0) is 33.4 Å². The zero-order chi connectivity index (χ0) is 15.6. The Hall–Kier alpha value is -3.13. The van der Waals surface area contributed by atoms with Crippen molar-refractivity contribution in [2.24, 2.45) is 0 Å². The molecule has 0 unspecified atom stereocenters. The van der Waals surface area contributed by atoms with Gasteiger partial charge in [-0.2, -0.15) is 0 Å². The maximum Gasteiger partial charge on any atom is 0.298 e. The smallest absolute Gasteiger partial charge is 0.298 e. The van der Waals surface area contributed by atoms with Crippen LogP contribution in [0.15, 0.2) is 78.9 Å². The van der Waals surface area contributed by atoms with Crippen molar-refractivity contribution < 1.29 is 9.53 Å². The minimum Gasteiger partial charge on any atom is -0.428 e. The van der Waals surface area contributed by atoms with Crippen molar-refractivity contribution in [1.82, 2.24) is 0 Å². The van der Waals surface area contributed by atoms with Gasteiger partial charge in [0, 0.05) is 5.39 Å². The fourth-order valence-corrected chi connectivity index (χ4v) is 3.11. The van der Waals surface area contributed by atoms with Gasteiger partial charge in [0.2, 0.25) is 0 Å². The van der Waals surface area contributed by atoms with E-state index in [1.807, 2.05) is 42.5 Å². The molecule has 0 aliphatic rings. The highest BCUT2D eigenvalue weighted by atomic mass is 16.5. The molecule has 0 radical (unpaired) electrons. The average molecular weight is 298 g/mol. The molecule has 0 saturated heterocycles. The summed E-state index contributed by atoms with van der Waals surface area (Å²) in [4.78, 5) is 10.9. The molecular formula is C21H14O2. The molecule has 4 rings (SSSR count). The first-order valence-electron chi connectivity index (χ1n) is 7.48. The summed E-state index contributed by atoms with van der Waals surface area (Å²) in [5, 5.41) is 4.26.